The van der Waals surface area contributed by atoms with Crippen molar-refractivity contribution in [3.05, 3.63) is 29.8 Å². The fourth-order valence-electron chi connectivity index (χ4n) is 1.46. The molecule has 1 atom stereocenters. The average molecular weight is 214 g/mol. The molecular formula is C12H10N2O2. The lowest BCUT2D eigenvalue weighted by atomic mass is 10.1. The predicted octanol–water partition coefficient (Wildman–Crippen LogP) is 1.94. The zero-order valence-corrected chi connectivity index (χ0v) is 8.73. The summed E-state index contributed by atoms with van der Waals surface area (Å²) in [5, 5.41) is 11.2. The summed E-state index contributed by atoms with van der Waals surface area (Å²) < 4.78 is 5.40. The topological polar surface area (TPSA) is 62.1 Å². The maximum Gasteiger partial charge on any atom is 0.265 e. The van der Waals surface area contributed by atoms with Gasteiger partial charge in [0, 0.05) is 6.08 Å². The van der Waals surface area contributed by atoms with Crippen molar-refractivity contribution in [2.75, 3.05) is 5.32 Å². The first-order chi connectivity index (χ1) is 7.70. The SMILES string of the molecule is CC1Oc2ccc(C=CC#N)cc2NC1=O. The molecule has 4 nitrogen and oxygen atoms in total. The Labute approximate surface area is 93.1 Å². The Hall–Kier alpha value is -2.28. The summed E-state index contributed by atoms with van der Waals surface area (Å²) in [6.07, 6.45) is 2.59. The van der Waals surface area contributed by atoms with Gasteiger partial charge in [-0.1, -0.05) is 6.07 Å². The van der Waals surface area contributed by atoms with E-state index in [0.29, 0.717) is 11.4 Å². The van der Waals surface area contributed by atoms with E-state index in [1.165, 1.54) is 6.08 Å². The smallest absolute Gasteiger partial charge is 0.265 e. The number of anilines is 1. The van der Waals surface area contributed by atoms with E-state index in [0.717, 1.165) is 5.56 Å². The molecule has 0 aromatic heterocycles. The predicted molar refractivity (Wildman–Crippen MR) is 59.8 cm³/mol. The third-order valence-corrected chi connectivity index (χ3v) is 2.28. The second-order valence-corrected chi connectivity index (χ2v) is 3.47. The van der Waals surface area contributed by atoms with Crippen molar-refractivity contribution in [1.82, 2.24) is 0 Å². The van der Waals surface area contributed by atoms with Gasteiger partial charge in [-0.3, -0.25) is 4.79 Å². The van der Waals surface area contributed by atoms with Crippen molar-refractivity contribution in [3.8, 4) is 11.8 Å². The number of hydrogen-bond donors (Lipinski definition) is 1. The number of allylic oxidation sites excluding steroid dienone is 1. The fraction of sp³-hybridized carbons (Fsp3) is 0.167. The van der Waals surface area contributed by atoms with Gasteiger partial charge in [-0.15, -0.1) is 0 Å². The van der Waals surface area contributed by atoms with Gasteiger partial charge >= 0.3 is 0 Å². The number of rotatable bonds is 1. The molecule has 4 heteroatoms. The average Bonchev–Trinajstić information content (AvgIpc) is 2.28. The third-order valence-electron chi connectivity index (χ3n) is 2.28. The molecule has 16 heavy (non-hydrogen) atoms. The summed E-state index contributed by atoms with van der Waals surface area (Å²) in [5.41, 5.74) is 1.49. The van der Waals surface area contributed by atoms with Crippen LogP contribution in [0.25, 0.3) is 6.08 Å². The number of fused-ring (bicyclic) bond motifs is 1. The van der Waals surface area contributed by atoms with E-state index in [-0.39, 0.29) is 5.91 Å². The molecule has 1 amide bonds. The van der Waals surface area contributed by atoms with Gasteiger partial charge in [-0.2, -0.15) is 5.26 Å². The first-order valence-electron chi connectivity index (χ1n) is 4.88. The van der Waals surface area contributed by atoms with E-state index in [2.05, 4.69) is 5.32 Å². The van der Waals surface area contributed by atoms with Crippen LogP contribution in [0.15, 0.2) is 24.3 Å². The minimum Gasteiger partial charge on any atom is -0.479 e. The molecule has 1 aromatic rings. The van der Waals surface area contributed by atoms with E-state index < -0.39 is 6.10 Å². The quantitative estimate of drug-likeness (QED) is 0.726. The van der Waals surface area contributed by atoms with E-state index in [9.17, 15) is 4.79 Å². The maximum atomic E-state index is 11.4. The molecule has 1 aliphatic heterocycles. The van der Waals surface area contributed by atoms with Crippen molar-refractivity contribution in [2.24, 2.45) is 0 Å². The zero-order chi connectivity index (χ0) is 11.5. The molecule has 1 unspecified atom stereocenters. The van der Waals surface area contributed by atoms with Crippen LogP contribution in [0.2, 0.25) is 0 Å². The van der Waals surface area contributed by atoms with Gasteiger partial charge in [0.2, 0.25) is 0 Å². The Kier molecular flexibility index (Phi) is 2.61. The van der Waals surface area contributed by atoms with Gasteiger partial charge < -0.3 is 10.1 Å². The highest BCUT2D eigenvalue weighted by molar-refractivity contribution is 5.97. The Bertz CT molecular complexity index is 500. The minimum absolute atomic E-state index is 0.158. The molecule has 80 valence electrons. The number of nitriles is 1. The normalized spacial score (nSPS) is 18.5. The number of carbonyl (C=O) groups excluding carboxylic acids is 1. The summed E-state index contributed by atoms with van der Waals surface area (Å²) in [7, 11) is 0. The number of nitrogens with zero attached hydrogens (tertiary/aromatic N) is 1. The number of ether oxygens (including phenoxy) is 1. The van der Waals surface area contributed by atoms with Crippen LogP contribution < -0.4 is 10.1 Å². The molecule has 1 heterocycles. The van der Waals surface area contributed by atoms with E-state index in [1.54, 1.807) is 25.1 Å². The summed E-state index contributed by atoms with van der Waals surface area (Å²) in [5.74, 6) is 0.495. The lowest BCUT2D eigenvalue weighted by Crippen LogP contribution is -2.34. The van der Waals surface area contributed by atoms with Crippen LogP contribution in [0.1, 0.15) is 12.5 Å². The molecule has 0 radical (unpaired) electrons. The summed E-state index contributed by atoms with van der Waals surface area (Å²) in [4.78, 5) is 11.4. The van der Waals surface area contributed by atoms with Gasteiger partial charge in [0.1, 0.15) is 5.75 Å². The maximum absolute atomic E-state index is 11.4. The Morgan fingerprint density at radius 2 is 2.38 bits per heavy atom. The Morgan fingerprint density at radius 3 is 3.12 bits per heavy atom. The van der Waals surface area contributed by atoms with E-state index in [1.807, 2.05) is 12.1 Å². The molecule has 1 N–H and O–H groups in total. The molecule has 0 spiro atoms. The standard InChI is InChI=1S/C12H10N2O2/c1-8-12(15)14-10-7-9(3-2-6-13)4-5-11(10)16-8/h2-5,7-8H,1H3,(H,14,15). The van der Waals surface area contributed by atoms with Crippen LogP contribution in [0.5, 0.6) is 5.75 Å². The van der Waals surface area contributed by atoms with Gasteiger partial charge in [-0.05, 0) is 30.7 Å². The van der Waals surface area contributed by atoms with Crippen LogP contribution in [-0.4, -0.2) is 12.0 Å². The van der Waals surface area contributed by atoms with E-state index >= 15 is 0 Å². The minimum atomic E-state index is -0.465. The second kappa shape index (κ2) is 4.07. The summed E-state index contributed by atoms with van der Waals surface area (Å²) in [6, 6.07) is 7.29. The molecule has 0 fully saturated rings. The van der Waals surface area contributed by atoms with Crippen molar-refractivity contribution >= 4 is 17.7 Å². The van der Waals surface area contributed by atoms with Gasteiger partial charge in [0.25, 0.3) is 5.91 Å². The Morgan fingerprint density at radius 1 is 1.56 bits per heavy atom. The van der Waals surface area contributed by atoms with Crippen LogP contribution in [0.4, 0.5) is 5.69 Å². The van der Waals surface area contributed by atoms with Crippen molar-refractivity contribution in [2.45, 2.75) is 13.0 Å². The van der Waals surface area contributed by atoms with Crippen molar-refractivity contribution < 1.29 is 9.53 Å². The van der Waals surface area contributed by atoms with Crippen LogP contribution in [-0.2, 0) is 4.79 Å². The highest BCUT2D eigenvalue weighted by atomic mass is 16.5. The molecule has 0 saturated carbocycles. The molecule has 1 aliphatic rings. The molecular weight excluding hydrogens is 204 g/mol. The van der Waals surface area contributed by atoms with E-state index in [4.69, 9.17) is 10.00 Å². The number of benzene rings is 1. The first kappa shape index (κ1) is 10.2. The van der Waals surface area contributed by atoms with Crippen molar-refractivity contribution in [3.63, 3.8) is 0 Å². The van der Waals surface area contributed by atoms with Crippen LogP contribution in [0.3, 0.4) is 0 Å². The van der Waals surface area contributed by atoms with Gasteiger partial charge in [0.15, 0.2) is 6.10 Å². The van der Waals surface area contributed by atoms with Gasteiger partial charge in [-0.25, -0.2) is 0 Å². The second-order valence-electron chi connectivity index (χ2n) is 3.47. The largest absolute Gasteiger partial charge is 0.479 e. The lowest BCUT2D eigenvalue weighted by Gasteiger charge is -2.23. The zero-order valence-electron chi connectivity index (χ0n) is 8.73. The molecule has 2 rings (SSSR count). The van der Waals surface area contributed by atoms with Gasteiger partial charge in [0.05, 0.1) is 11.8 Å². The van der Waals surface area contributed by atoms with Crippen molar-refractivity contribution in [1.29, 1.82) is 5.26 Å². The fourth-order valence-corrected chi connectivity index (χ4v) is 1.46. The Balaban J connectivity index is 2.33. The first-order valence-corrected chi connectivity index (χ1v) is 4.88. The number of hydrogen-bond acceptors (Lipinski definition) is 3. The number of nitrogens with one attached hydrogen (secondary N) is 1. The lowest BCUT2D eigenvalue weighted by molar-refractivity contribution is -0.122. The monoisotopic (exact) mass is 214 g/mol. The van der Waals surface area contributed by atoms with Crippen LogP contribution >= 0.6 is 0 Å². The summed E-state index contributed by atoms with van der Waals surface area (Å²) >= 11 is 0. The molecule has 0 saturated heterocycles. The number of carbonyl (C=O) groups is 1. The highest BCUT2D eigenvalue weighted by Gasteiger charge is 2.23. The molecule has 0 aliphatic carbocycles. The molecule has 0 bridgehead atoms. The third kappa shape index (κ3) is 1.89. The highest BCUT2D eigenvalue weighted by Crippen LogP contribution is 2.30. The summed E-state index contributed by atoms with van der Waals surface area (Å²) in [6.45, 7) is 1.70. The molecule has 1 aromatic carbocycles. The number of amides is 1. The van der Waals surface area contributed by atoms with Crippen LogP contribution in [0, 0.1) is 11.3 Å².